The highest BCUT2D eigenvalue weighted by Crippen LogP contribution is 2.40. The number of hydrogen-bond acceptors (Lipinski definition) is 6. The molecule has 4 rings (SSSR count). The van der Waals surface area contributed by atoms with Gasteiger partial charge in [-0.15, -0.1) is 0 Å². The minimum Gasteiger partial charge on any atom is -0.507 e. The summed E-state index contributed by atoms with van der Waals surface area (Å²) in [6.07, 6.45) is 1.62. The maximum Gasteiger partial charge on any atom is 0.295 e. The Kier molecular flexibility index (Phi) is 7.22. The van der Waals surface area contributed by atoms with Crippen LogP contribution < -0.4 is 9.47 Å². The lowest BCUT2D eigenvalue weighted by Crippen LogP contribution is -2.36. The van der Waals surface area contributed by atoms with Crippen molar-refractivity contribution in [2.24, 2.45) is 5.92 Å². The molecule has 0 spiro atoms. The summed E-state index contributed by atoms with van der Waals surface area (Å²) < 4.78 is 16.8. The SMILES string of the molecule is COc1ccc(C2/C(=C(/O)c3cccc(OCC(C)C)c3)C(=O)C(=O)N2CC2CCCO2)cc1. The molecule has 0 aromatic heterocycles. The molecule has 0 aliphatic carbocycles. The maximum absolute atomic E-state index is 13.2. The highest BCUT2D eigenvalue weighted by molar-refractivity contribution is 6.46. The minimum atomic E-state index is -0.727. The Morgan fingerprint density at radius 2 is 1.91 bits per heavy atom. The molecule has 7 heteroatoms. The molecular weight excluding hydrogens is 434 g/mol. The second-order valence-corrected chi connectivity index (χ2v) is 9.09. The molecule has 1 N–H and O–H groups in total. The first kappa shape index (κ1) is 23.8. The van der Waals surface area contributed by atoms with Crippen molar-refractivity contribution in [2.45, 2.75) is 38.8 Å². The Bertz CT molecular complexity index is 1070. The van der Waals surface area contributed by atoms with Crippen LogP contribution >= 0.6 is 0 Å². The third-order valence-corrected chi connectivity index (χ3v) is 6.09. The molecule has 2 aromatic carbocycles. The molecule has 2 unspecified atom stereocenters. The van der Waals surface area contributed by atoms with Gasteiger partial charge in [0.2, 0.25) is 0 Å². The van der Waals surface area contributed by atoms with E-state index in [0.717, 1.165) is 12.8 Å². The van der Waals surface area contributed by atoms with Gasteiger partial charge in [-0.05, 0) is 48.6 Å². The summed E-state index contributed by atoms with van der Waals surface area (Å²) in [4.78, 5) is 27.8. The Morgan fingerprint density at radius 1 is 1.15 bits per heavy atom. The molecule has 34 heavy (non-hydrogen) atoms. The molecule has 0 bridgehead atoms. The summed E-state index contributed by atoms with van der Waals surface area (Å²) in [6.45, 7) is 5.56. The van der Waals surface area contributed by atoms with Crippen molar-refractivity contribution in [3.63, 3.8) is 0 Å². The summed E-state index contributed by atoms with van der Waals surface area (Å²) in [6, 6.07) is 13.4. The van der Waals surface area contributed by atoms with E-state index in [1.54, 1.807) is 43.5 Å². The van der Waals surface area contributed by atoms with Gasteiger partial charge in [-0.25, -0.2) is 0 Å². The molecule has 2 heterocycles. The van der Waals surface area contributed by atoms with Gasteiger partial charge in [-0.3, -0.25) is 9.59 Å². The lowest BCUT2D eigenvalue weighted by atomic mass is 9.95. The van der Waals surface area contributed by atoms with E-state index in [1.165, 1.54) is 4.90 Å². The first-order valence-electron chi connectivity index (χ1n) is 11.7. The second kappa shape index (κ2) is 10.3. The fraction of sp³-hybridized carbons (Fsp3) is 0.407. The van der Waals surface area contributed by atoms with Crippen molar-refractivity contribution < 1.29 is 28.9 Å². The average Bonchev–Trinajstić information content (AvgIpc) is 3.45. The van der Waals surface area contributed by atoms with Crippen LogP contribution in [0.5, 0.6) is 11.5 Å². The Morgan fingerprint density at radius 3 is 2.56 bits per heavy atom. The Labute approximate surface area is 199 Å². The van der Waals surface area contributed by atoms with E-state index in [-0.39, 0.29) is 24.0 Å². The van der Waals surface area contributed by atoms with Crippen LogP contribution in [-0.4, -0.2) is 54.7 Å². The molecule has 1 amide bonds. The molecule has 2 aliphatic heterocycles. The number of likely N-dealkylation sites (tertiary alicyclic amines) is 1. The normalized spacial score (nSPS) is 21.9. The van der Waals surface area contributed by atoms with Gasteiger partial charge < -0.3 is 24.2 Å². The number of carbonyl (C=O) groups is 2. The van der Waals surface area contributed by atoms with Crippen molar-refractivity contribution in [1.82, 2.24) is 4.90 Å². The Hall–Kier alpha value is -3.32. The van der Waals surface area contributed by atoms with Crippen LogP contribution in [0.3, 0.4) is 0 Å². The molecule has 0 radical (unpaired) electrons. The van der Waals surface area contributed by atoms with Crippen molar-refractivity contribution in [3.05, 3.63) is 65.2 Å². The number of aliphatic hydroxyl groups is 1. The lowest BCUT2D eigenvalue weighted by Gasteiger charge is -2.27. The first-order chi connectivity index (χ1) is 16.4. The van der Waals surface area contributed by atoms with Crippen LogP contribution in [0.25, 0.3) is 5.76 Å². The summed E-state index contributed by atoms with van der Waals surface area (Å²) in [5.41, 5.74) is 1.20. The summed E-state index contributed by atoms with van der Waals surface area (Å²) in [7, 11) is 1.58. The highest BCUT2D eigenvalue weighted by atomic mass is 16.5. The van der Waals surface area contributed by atoms with E-state index in [0.29, 0.717) is 41.8 Å². The van der Waals surface area contributed by atoms with Crippen LogP contribution in [-0.2, 0) is 14.3 Å². The number of carbonyl (C=O) groups excluding carboxylic acids is 2. The fourth-order valence-corrected chi connectivity index (χ4v) is 4.36. The molecule has 7 nitrogen and oxygen atoms in total. The molecule has 0 saturated carbocycles. The monoisotopic (exact) mass is 465 g/mol. The number of ether oxygens (including phenoxy) is 3. The van der Waals surface area contributed by atoms with Crippen molar-refractivity contribution in [2.75, 3.05) is 26.9 Å². The second-order valence-electron chi connectivity index (χ2n) is 9.09. The van der Waals surface area contributed by atoms with Crippen molar-refractivity contribution in [3.8, 4) is 11.5 Å². The zero-order chi connectivity index (χ0) is 24.2. The number of methoxy groups -OCH3 is 1. The van der Waals surface area contributed by atoms with Gasteiger partial charge in [0.05, 0.1) is 31.4 Å². The van der Waals surface area contributed by atoms with Crippen LogP contribution in [0.4, 0.5) is 0 Å². The average molecular weight is 466 g/mol. The van der Waals surface area contributed by atoms with Crippen molar-refractivity contribution >= 4 is 17.4 Å². The third kappa shape index (κ3) is 4.94. The smallest absolute Gasteiger partial charge is 0.295 e. The first-order valence-corrected chi connectivity index (χ1v) is 11.7. The van der Waals surface area contributed by atoms with Gasteiger partial charge in [-0.2, -0.15) is 0 Å². The summed E-state index contributed by atoms with van der Waals surface area (Å²) >= 11 is 0. The fourth-order valence-electron chi connectivity index (χ4n) is 4.36. The number of rotatable bonds is 8. The van der Waals surface area contributed by atoms with Gasteiger partial charge in [0.15, 0.2) is 0 Å². The van der Waals surface area contributed by atoms with E-state index >= 15 is 0 Å². The number of nitrogens with zero attached hydrogens (tertiary/aromatic N) is 1. The van der Waals surface area contributed by atoms with Gasteiger partial charge in [0.25, 0.3) is 11.7 Å². The predicted octanol–water partition coefficient (Wildman–Crippen LogP) is 4.33. The number of benzene rings is 2. The van der Waals surface area contributed by atoms with Gasteiger partial charge in [-0.1, -0.05) is 38.1 Å². The third-order valence-electron chi connectivity index (χ3n) is 6.09. The standard InChI is InChI=1S/C27H31NO6/c1-17(2)16-34-21-7-4-6-19(14-21)25(29)23-24(18-9-11-20(32-3)12-10-18)28(27(31)26(23)30)15-22-8-5-13-33-22/h4,6-7,9-12,14,17,22,24,29H,5,8,13,15-16H2,1-3H3/b25-23-. The molecule has 2 aliphatic rings. The van der Waals surface area contributed by atoms with E-state index in [9.17, 15) is 14.7 Å². The lowest BCUT2D eigenvalue weighted by molar-refractivity contribution is -0.140. The minimum absolute atomic E-state index is 0.0640. The van der Waals surface area contributed by atoms with Crippen molar-refractivity contribution in [1.29, 1.82) is 0 Å². The van der Waals surface area contributed by atoms with Crippen LogP contribution in [0, 0.1) is 5.92 Å². The highest BCUT2D eigenvalue weighted by Gasteiger charge is 2.47. The predicted molar refractivity (Wildman–Crippen MR) is 128 cm³/mol. The molecule has 2 atom stereocenters. The van der Waals surface area contributed by atoms with Crippen LogP contribution in [0.2, 0.25) is 0 Å². The summed E-state index contributed by atoms with van der Waals surface area (Å²) in [5.74, 6) is 0.0384. The number of aliphatic hydroxyl groups excluding tert-OH is 1. The van der Waals surface area contributed by atoms with Gasteiger partial charge in [0.1, 0.15) is 17.3 Å². The molecular formula is C27H31NO6. The molecule has 180 valence electrons. The Balaban J connectivity index is 1.76. The van der Waals surface area contributed by atoms with E-state index < -0.39 is 17.7 Å². The van der Waals surface area contributed by atoms with E-state index in [2.05, 4.69) is 0 Å². The maximum atomic E-state index is 13.2. The zero-order valence-corrected chi connectivity index (χ0v) is 19.8. The number of ketones is 1. The van der Waals surface area contributed by atoms with E-state index in [1.807, 2.05) is 26.0 Å². The molecule has 2 fully saturated rings. The van der Waals surface area contributed by atoms with E-state index in [4.69, 9.17) is 14.2 Å². The zero-order valence-electron chi connectivity index (χ0n) is 19.8. The number of Topliss-reactive ketones (excluding diaryl/α,β-unsaturated/α-hetero) is 1. The van der Waals surface area contributed by atoms with Crippen LogP contribution in [0.15, 0.2) is 54.1 Å². The molecule has 2 aromatic rings. The van der Waals surface area contributed by atoms with Gasteiger partial charge in [0, 0.05) is 18.7 Å². The summed E-state index contributed by atoms with van der Waals surface area (Å²) in [5, 5.41) is 11.3. The molecule has 2 saturated heterocycles. The number of amides is 1. The topological polar surface area (TPSA) is 85.3 Å². The largest absolute Gasteiger partial charge is 0.507 e. The quantitative estimate of drug-likeness (QED) is 0.355. The van der Waals surface area contributed by atoms with Crippen LogP contribution in [0.1, 0.15) is 43.9 Å². The number of hydrogen-bond donors (Lipinski definition) is 1. The van der Waals surface area contributed by atoms with Gasteiger partial charge >= 0.3 is 0 Å².